The number of carboxylic acids is 1. The summed E-state index contributed by atoms with van der Waals surface area (Å²) in [6, 6.07) is 4.74. The number of hydrogen-bond acceptors (Lipinski definition) is 6. The van der Waals surface area contributed by atoms with Crippen molar-refractivity contribution >= 4 is 23.7 Å². The Hall–Kier alpha value is -2.98. The van der Waals surface area contributed by atoms with Crippen molar-refractivity contribution in [2.75, 3.05) is 6.61 Å². The van der Waals surface area contributed by atoms with E-state index in [1.54, 1.807) is 0 Å². The van der Waals surface area contributed by atoms with Crippen LogP contribution >= 0.6 is 0 Å². The van der Waals surface area contributed by atoms with Crippen LogP contribution < -0.4 is 21.7 Å². The number of carbonyl (C=O) groups excluding carboxylic acids is 3. The normalized spacial score (nSPS) is 15.5. The van der Waals surface area contributed by atoms with E-state index in [1.807, 2.05) is 58.0 Å². The van der Waals surface area contributed by atoms with Gasteiger partial charge in [0.15, 0.2) is 0 Å². The molecule has 0 bridgehead atoms. The molecule has 1 aromatic carbocycles. The number of aliphatic hydroxyl groups excluding tert-OH is 1. The molecule has 0 radical (unpaired) electrons. The Bertz CT molecular complexity index is 817. The summed E-state index contributed by atoms with van der Waals surface area (Å²) in [5.74, 6) is -3.28. The molecule has 7 N–H and O–H groups in total. The summed E-state index contributed by atoms with van der Waals surface area (Å²) >= 11 is 0. The van der Waals surface area contributed by atoms with Gasteiger partial charge in [-0.1, -0.05) is 64.4 Å². The highest BCUT2D eigenvalue weighted by molar-refractivity contribution is 5.94. The Kier molecular flexibility index (Phi) is 12.2. The van der Waals surface area contributed by atoms with Gasteiger partial charge in [0.2, 0.25) is 17.7 Å². The van der Waals surface area contributed by atoms with Gasteiger partial charge in [-0.2, -0.15) is 0 Å². The molecule has 0 spiro atoms. The quantitative estimate of drug-likeness (QED) is 0.221. The molecule has 1 rings (SSSR count). The van der Waals surface area contributed by atoms with Crippen LogP contribution in [0.2, 0.25) is 0 Å². The highest BCUT2D eigenvalue weighted by Crippen LogP contribution is 2.10. The predicted octanol–water partition coefficient (Wildman–Crippen LogP) is 0.180. The van der Waals surface area contributed by atoms with Gasteiger partial charge in [-0.15, -0.1) is 0 Å². The number of carbonyl (C=O) groups is 4. The third-order valence-corrected chi connectivity index (χ3v) is 5.61. The summed E-state index contributed by atoms with van der Waals surface area (Å²) in [6.45, 7) is 6.67. The fourth-order valence-electron chi connectivity index (χ4n) is 3.27. The van der Waals surface area contributed by atoms with E-state index in [0.29, 0.717) is 6.42 Å². The van der Waals surface area contributed by atoms with E-state index in [4.69, 9.17) is 10.8 Å². The van der Waals surface area contributed by atoms with Crippen LogP contribution in [-0.4, -0.2) is 64.7 Å². The second-order valence-electron chi connectivity index (χ2n) is 8.93. The van der Waals surface area contributed by atoms with E-state index in [1.165, 1.54) is 0 Å². The molecule has 1 aromatic rings. The molecule has 34 heavy (non-hydrogen) atoms. The third kappa shape index (κ3) is 9.48. The van der Waals surface area contributed by atoms with Gasteiger partial charge >= 0.3 is 5.97 Å². The van der Waals surface area contributed by atoms with Crippen LogP contribution in [-0.2, 0) is 25.6 Å². The van der Waals surface area contributed by atoms with E-state index < -0.39 is 54.5 Å². The molecule has 0 fully saturated rings. The molecule has 0 aliphatic carbocycles. The molecule has 5 unspecified atom stereocenters. The van der Waals surface area contributed by atoms with Gasteiger partial charge in [-0.05, 0) is 23.8 Å². The predicted molar refractivity (Wildman–Crippen MR) is 128 cm³/mol. The number of hydrogen-bond donors (Lipinski definition) is 6. The summed E-state index contributed by atoms with van der Waals surface area (Å²) in [7, 11) is 0. The number of rotatable bonds is 14. The minimum Gasteiger partial charge on any atom is -0.480 e. The van der Waals surface area contributed by atoms with Crippen LogP contribution in [0.15, 0.2) is 30.3 Å². The van der Waals surface area contributed by atoms with E-state index in [0.717, 1.165) is 5.56 Å². The topological polar surface area (TPSA) is 171 Å². The van der Waals surface area contributed by atoms with Crippen LogP contribution in [0.25, 0.3) is 0 Å². The smallest absolute Gasteiger partial charge is 0.328 e. The number of nitrogens with one attached hydrogen (secondary N) is 3. The van der Waals surface area contributed by atoms with Gasteiger partial charge in [0.25, 0.3) is 0 Å². The van der Waals surface area contributed by atoms with Crippen molar-refractivity contribution in [3.63, 3.8) is 0 Å². The van der Waals surface area contributed by atoms with Crippen molar-refractivity contribution < 1.29 is 29.4 Å². The lowest BCUT2D eigenvalue weighted by Gasteiger charge is -2.26. The molecule has 0 heterocycles. The van der Waals surface area contributed by atoms with Gasteiger partial charge in [0.05, 0.1) is 12.6 Å². The van der Waals surface area contributed by atoms with Gasteiger partial charge in [0.1, 0.15) is 18.1 Å². The van der Waals surface area contributed by atoms with Crippen molar-refractivity contribution in [3.05, 3.63) is 35.9 Å². The number of aliphatic carboxylic acids is 1. The Morgan fingerprint density at radius 1 is 0.882 bits per heavy atom. The number of carboxylic acid groups (broad SMARTS) is 1. The summed E-state index contributed by atoms with van der Waals surface area (Å²) in [6.07, 6.45) is 1.10. The lowest BCUT2D eigenvalue weighted by atomic mass is 9.97. The number of aliphatic hydroxyl groups is 1. The van der Waals surface area contributed by atoms with Crippen molar-refractivity contribution in [2.24, 2.45) is 17.6 Å². The molecule has 3 amide bonds. The lowest BCUT2D eigenvalue weighted by molar-refractivity contribution is -0.143. The summed E-state index contributed by atoms with van der Waals surface area (Å²) in [5, 5.41) is 25.9. The lowest BCUT2D eigenvalue weighted by Crippen LogP contribution is -2.58. The Balaban J connectivity index is 3.09. The Labute approximate surface area is 200 Å². The van der Waals surface area contributed by atoms with E-state index in [2.05, 4.69) is 16.0 Å². The van der Waals surface area contributed by atoms with Gasteiger partial charge in [-0.3, -0.25) is 14.4 Å². The molecular weight excluding hydrogens is 440 g/mol. The van der Waals surface area contributed by atoms with Crippen molar-refractivity contribution in [3.8, 4) is 0 Å². The maximum Gasteiger partial charge on any atom is 0.328 e. The molecule has 0 aliphatic rings. The molecular formula is C24H38N4O6. The average molecular weight is 479 g/mol. The monoisotopic (exact) mass is 478 g/mol. The standard InChI is InChI=1S/C24H38N4O6/c1-5-15(4)20(25)23(32)27-18(12-16-9-7-6-8-10-16)22(31)26-17(11-14(2)3)21(30)28-19(13-29)24(33)34/h6-10,14-15,17-20,29H,5,11-13,25H2,1-4H3,(H,26,31)(H,27,32)(H,28,30)(H,33,34). The van der Waals surface area contributed by atoms with Crippen molar-refractivity contribution in [1.82, 2.24) is 16.0 Å². The molecule has 0 saturated heterocycles. The highest BCUT2D eigenvalue weighted by Gasteiger charge is 2.31. The van der Waals surface area contributed by atoms with Gasteiger partial charge in [-0.25, -0.2) is 4.79 Å². The SMILES string of the molecule is CCC(C)C(N)C(=O)NC(Cc1ccccc1)C(=O)NC(CC(C)C)C(=O)NC(CO)C(=O)O. The second-order valence-corrected chi connectivity index (χ2v) is 8.93. The average Bonchev–Trinajstić information content (AvgIpc) is 2.80. The van der Waals surface area contributed by atoms with Crippen LogP contribution in [0.5, 0.6) is 0 Å². The summed E-state index contributed by atoms with van der Waals surface area (Å²) in [4.78, 5) is 49.8. The Morgan fingerprint density at radius 3 is 1.91 bits per heavy atom. The third-order valence-electron chi connectivity index (χ3n) is 5.61. The van der Waals surface area contributed by atoms with E-state index >= 15 is 0 Å². The largest absolute Gasteiger partial charge is 0.480 e. The zero-order valence-electron chi connectivity index (χ0n) is 20.3. The van der Waals surface area contributed by atoms with Crippen LogP contribution in [0.1, 0.15) is 46.1 Å². The second kappa shape index (κ2) is 14.3. The number of benzene rings is 1. The van der Waals surface area contributed by atoms with Gasteiger partial charge in [0, 0.05) is 6.42 Å². The first kappa shape index (κ1) is 29.1. The van der Waals surface area contributed by atoms with Crippen molar-refractivity contribution in [2.45, 2.75) is 71.1 Å². The first-order valence-corrected chi connectivity index (χ1v) is 11.5. The molecule has 10 nitrogen and oxygen atoms in total. The summed E-state index contributed by atoms with van der Waals surface area (Å²) < 4.78 is 0. The zero-order valence-corrected chi connectivity index (χ0v) is 20.3. The zero-order chi connectivity index (χ0) is 25.8. The fraction of sp³-hybridized carbons (Fsp3) is 0.583. The Morgan fingerprint density at radius 2 is 1.41 bits per heavy atom. The first-order chi connectivity index (χ1) is 16.0. The van der Waals surface area contributed by atoms with Gasteiger partial charge < -0.3 is 31.9 Å². The first-order valence-electron chi connectivity index (χ1n) is 11.5. The van der Waals surface area contributed by atoms with Crippen molar-refractivity contribution in [1.29, 1.82) is 0 Å². The minimum atomic E-state index is -1.49. The maximum absolute atomic E-state index is 13.2. The number of nitrogens with two attached hydrogens (primary N) is 1. The molecule has 0 saturated carbocycles. The molecule has 0 aromatic heterocycles. The molecule has 0 aliphatic heterocycles. The molecule has 5 atom stereocenters. The number of amides is 3. The maximum atomic E-state index is 13.2. The van der Waals surface area contributed by atoms with Crippen LogP contribution in [0, 0.1) is 11.8 Å². The summed E-state index contributed by atoms with van der Waals surface area (Å²) in [5.41, 5.74) is 6.84. The molecule has 10 heteroatoms. The highest BCUT2D eigenvalue weighted by atomic mass is 16.4. The van der Waals surface area contributed by atoms with Crippen LogP contribution in [0.3, 0.4) is 0 Å². The fourth-order valence-corrected chi connectivity index (χ4v) is 3.27. The minimum absolute atomic E-state index is 0.00514. The van der Waals surface area contributed by atoms with E-state index in [-0.39, 0.29) is 24.7 Å². The van der Waals surface area contributed by atoms with Crippen LogP contribution in [0.4, 0.5) is 0 Å². The van der Waals surface area contributed by atoms with E-state index in [9.17, 15) is 24.3 Å². The molecule has 190 valence electrons.